The second-order valence-electron chi connectivity index (χ2n) is 4.94. The third-order valence-corrected chi connectivity index (χ3v) is 3.46. The van der Waals surface area contributed by atoms with Crippen molar-refractivity contribution >= 4 is 17.3 Å². The van der Waals surface area contributed by atoms with Gasteiger partial charge in [-0.3, -0.25) is 14.9 Å². The summed E-state index contributed by atoms with van der Waals surface area (Å²) in [4.78, 5) is 24.1. The van der Waals surface area contributed by atoms with Gasteiger partial charge in [-0.05, 0) is 12.8 Å². The number of amides is 1. The lowest BCUT2D eigenvalue weighted by Crippen LogP contribution is -2.29. The zero-order chi connectivity index (χ0) is 15.2. The Morgan fingerprint density at radius 2 is 2.10 bits per heavy atom. The molecule has 1 aromatic carbocycles. The number of benzene rings is 1. The van der Waals surface area contributed by atoms with Crippen LogP contribution in [0.25, 0.3) is 0 Å². The number of ether oxygens (including phenoxy) is 1. The topological polar surface area (TPSA) is 84.7 Å². The van der Waals surface area contributed by atoms with E-state index in [2.05, 4.69) is 5.32 Å². The van der Waals surface area contributed by atoms with Crippen LogP contribution in [0.4, 0.5) is 11.4 Å². The van der Waals surface area contributed by atoms with Gasteiger partial charge in [0.25, 0.3) is 5.69 Å². The van der Waals surface area contributed by atoms with E-state index in [-0.39, 0.29) is 11.6 Å². The van der Waals surface area contributed by atoms with E-state index in [0.29, 0.717) is 24.4 Å². The van der Waals surface area contributed by atoms with Gasteiger partial charge in [-0.15, -0.1) is 0 Å². The minimum absolute atomic E-state index is 0.0391. The van der Waals surface area contributed by atoms with Crippen LogP contribution in [0.2, 0.25) is 0 Å². The molecule has 0 atom stereocenters. The van der Waals surface area contributed by atoms with Crippen molar-refractivity contribution in [2.45, 2.75) is 19.3 Å². The third kappa shape index (κ3) is 4.08. The van der Waals surface area contributed by atoms with Crippen LogP contribution in [0.15, 0.2) is 18.2 Å². The van der Waals surface area contributed by atoms with Gasteiger partial charge in [-0.2, -0.15) is 0 Å². The molecule has 1 heterocycles. The van der Waals surface area contributed by atoms with E-state index in [9.17, 15) is 14.9 Å². The highest BCUT2D eigenvalue weighted by atomic mass is 16.6. The van der Waals surface area contributed by atoms with Gasteiger partial charge < -0.3 is 15.0 Å². The van der Waals surface area contributed by atoms with Crippen LogP contribution < -0.4 is 10.1 Å². The summed E-state index contributed by atoms with van der Waals surface area (Å²) in [5.41, 5.74) is 0.540. The average molecular weight is 293 g/mol. The molecular weight excluding hydrogens is 274 g/mol. The van der Waals surface area contributed by atoms with E-state index < -0.39 is 4.92 Å². The number of carbonyl (C=O) groups is 1. The van der Waals surface area contributed by atoms with Gasteiger partial charge in [0.15, 0.2) is 0 Å². The number of carbonyl (C=O) groups excluding carboxylic acids is 1. The summed E-state index contributed by atoms with van der Waals surface area (Å²) in [7, 11) is 1.46. The van der Waals surface area contributed by atoms with Crippen molar-refractivity contribution in [3.8, 4) is 5.75 Å². The fraction of sp³-hybridized carbons (Fsp3) is 0.500. The number of nitrogens with zero attached hydrogens (tertiary/aromatic N) is 2. The van der Waals surface area contributed by atoms with E-state index in [0.717, 1.165) is 25.9 Å². The number of hydrogen-bond acceptors (Lipinski definition) is 5. The van der Waals surface area contributed by atoms with E-state index in [1.165, 1.54) is 19.2 Å². The van der Waals surface area contributed by atoms with Gasteiger partial charge in [-0.25, -0.2) is 0 Å². The molecule has 1 aliphatic heterocycles. The summed E-state index contributed by atoms with van der Waals surface area (Å²) < 4.78 is 5.03. The van der Waals surface area contributed by atoms with E-state index >= 15 is 0 Å². The predicted octanol–water partition coefficient (Wildman–Crippen LogP) is 2.03. The number of non-ortho nitro benzene ring substituents is 1. The van der Waals surface area contributed by atoms with Crippen molar-refractivity contribution in [1.82, 2.24) is 4.90 Å². The second-order valence-corrected chi connectivity index (χ2v) is 4.94. The van der Waals surface area contributed by atoms with Crippen molar-refractivity contribution in [3.05, 3.63) is 28.3 Å². The maximum absolute atomic E-state index is 11.9. The number of nitro groups is 1. The number of hydrogen-bond donors (Lipinski definition) is 1. The lowest BCUT2D eigenvalue weighted by atomic mass is 10.2. The van der Waals surface area contributed by atoms with Crippen molar-refractivity contribution < 1.29 is 14.5 Å². The first-order valence-corrected chi connectivity index (χ1v) is 6.95. The molecule has 1 amide bonds. The van der Waals surface area contributed by atoms with Crippen LogP contribution in [0.5, 0.6) is 5.75 Å². The van der Waals surface area contributed by atoms with Crippen molar-refractivity contribution in [3.63, 3.8) is 0 Å². The quantitative estimate of drug-likeness (QED) is 0.640. The van der Waals surface area contributed by atoms with Crippen LogP contribution in [0, 0.1) is 10.1 Å². The van der Waals surface area contributed by atoms with Gasteiger partial charge in [0.1, 0.15) is 5.75 Å². The van der Waals surface area contributed by atoms with Crippen molar-refractivity contribution in [1.29, 1.82) is 0 Å². The summed E-state index contributed by atoms with van der Waals surface area (Å²) in [5, 5.41) is 13.9. The van der Waals surface area contributed by atoms with Gasteiger partial charge in [0.2, 0.25) is 5.91 Å². The molecule has 21 heavy (non-hydrogen) atoms. The highest BCUT2D eigenvalue weighted by molar-refractivity contribution is 5.77. The lowest BCUT2D eigenvalue weighted by Gasteiger charge is -2.15. The Morgan fingerprint density at radius 1 is 1.38 bits per heavy atom. The molecule has 1 aromatic rings. The fourth-order valence-electron chi connectivity index (χ4n) is 2.35. The Balaban J connectivity index is 1.91. The molecule has 114 valence electrons. The Kier molecular flexibility index (Phi) is 4.97. The minimum atomic E-state index is -0.469. The zero-order valence-electron chi connectivity index (χ0n) is 12.0. The van der Waals surface area contributed by atoms with E-state index in [1.807, 2.05) is 4.90 Å². The van der Waals surface area contributed by atoms with Crippen LogP contribution in [0.3, 0.4) is 0 Å². The maximum Gasteiger partial charge on any atom is 0.275 e. The van der Waals surface area contributed by atoms with E-state index in [1.54, 1.807) is 6.07 Å². The molecule has 1 N–H and O–H groups in total. The Hall–Kier alpha value is -2.31. The molecule has 0 bridgehead atoms. The number of nitrogens with one attached hydrogen (secondary N) is 1. The first-order chi connectivity index (χ1) is 10.1. The zero-order valence-corrected chi connectivity index (χ0v) is 12.0. The summed E-state index contributed by atoms with van der Waals surface area (Å²) in [5.74, 6) is 0.537. The number of anilines is 1. The van der Waals surface area contributed by atoms with Crippen LogP contribution in [-0.4, -0.2) is 42.5 Å². The Bertz CT molecular complexity index is 527. The smallest absolute Gasteiger partial charge is 0.275 e. The van der Waals surface area contributed by atoms with Gasteiger partial charge >= 0.3 is 0 Å². The maximum atomic E-state index is 11.9. The standard InChI is InChI=1S/C14H19N3O4/c1-21-13-9-11(8-12(10-13)17(19)20)15-5-4-14(18)16-6-2-3-7-16/h8-10,15H,2-7H2,1H3. The van der Waals surface area contributed by atoms with E-state index in [4.69, 9.17) is 4.74 Å². The highest BCUT2D eigenvalue weighted by Crippen LogP contribution is 2.25. The van der Waals surface area contributed by atoms with Crippen molar-refractivity contribution in [2.75, 3.05) is 32.1 Å². The molecule has 7 nitrogen and oxygen atoms in total. The Labute approximate surface area is 123 Å². The molecule has 2 rings (SSSR count). The SMILES string of the molecule is COc1cc(NCCC(=O)N2CCCC2)cc([N+](=O)[O-])c1. The molecule has 1 aliphatic rings. The summed E-state index contributed by atoms with van der Waals surface area (Å²) in [6.07, 6.45) is 2.52. The predicted molar refractivity (Wildman–Crippen MR) is 78.6 cm³/mol. The minimum Gasteiger partial charge on any atom is -0.496 e. The van der Waals surface area contributed by atoms with Crippen LogP contribution in [-0.2, 0) is 4.79 Å². The first-order valence-electron chi connectivity index (χ1n) is 6.95. The van der Waals surface area contributed by atoms with Crippen LogP contribution in [0.1, 0.15) is 19.3 Å². The number of rotatable bonds is 6. The number of methoxy groups -OCH3 is 1. The molecule has 0 saturated carbocycles. The molecule has 0 unspecified atom stereocenters. The highest BCUT2D eigenvalue weighted by Gasteiger charge is 2.17. The van der Waals surface area contributed by atoms with Gasteiger partial charge in [0.05, 0.1) is 18.1 Å². The van der Waals surface area contributed by atoms with Crippen LogP contribution >= 0.6 is 0 Å². The average Bonchev–Trinajstić information content (AvgIpc) is 3.01. The number of likely N-dealkylation sites (tertiary alicyclic amines) is 1. The Morgan fingerprint density at radius 3 is 2.71 bits per heavy atom. The lowest BCUT2D eigenvalue weighted by molar-refractivity contribution is -0.384. The first kappa shape index (κ1) is 15.1. The summed E-state index contributed by atoms with van der Waals surface area (Å²) in [6.45, 7) is 2.12. The number of nitro benzene ring substituents is 1. The molecule has 1 saturated heterocycles. The normalized spacial score (nSPS) is 14.0. The molecule has 1 fully saturated rings. The molecule has 0 aliphatic carbocycles. The molecular formula is C14H19N3O4. The van der Waals surface area contributed by atoms with Crippen molar-refractivity contribution in [2.24, 2.45) is 0 Å². The fourth-order valence-corrected chi connectivity index (χ4v) is 2.35. The van der Waals surface area contributed by atoms with Gasteiger partial charge in [0, 0.05) is 43.9 Å². The molecule has 0 spiro atoms. The monoisotopic (exact) mass is 293 g/mol. The summed E-state index contributed by atoms with van der Waals surface area (Å²) >= 11 is 0. The van der Waals surface area contributed by atoms with Gasteiger partial charge in [-0.1, -0.05) is 0 Å². The summed E-state index contributed by atoms with van der Waals surface area (Å²) in [6, 6.07) is 4.47. The third-order valence-electron chi connectivity index (χ3n) is 3.46. The second kappa shape index (κ2) is 6.92. The largest absolute Gasteiger partial charge is 0.496 e. The molecule has 0 radical (unpaired) electrons. The molecule has 7 heteroatoms. The molecule has 0 aromatic heterocycles.